The molecule has 0 unspecified atom stereocenters. The van der Waals surface area contributed by atoms with Crippen molar-refractivity contribution in [3.63, 3.8) is 0 Å². The summed E-state index contributed by atoms with van der Waals surface area (Å²) in [5.41, 5.74) is 2.90. The van der Waals surface area contributed by atoms with Gasteiger partial charge >= 0.3 is 6.03 Å². The molecule has 1 heterocycles. The molecule has 0 spiro atoms. The molecule has 0 aromatic heterocycles. The standard InChI is InChI=1S/C20H19N3O3/c1-13-10-17(23-20(25)22-14(2)12-21-23)6-9-19(13)26-18-7-4-16(5-8-18)11-15(3)24/h4-10,12H,2,11H2,1,3H3,(H,22,25). The van der Waals surface area contributed by atoms with Crippen molar-refractivity contribution < 1.29 is 14.3 Å². The first-order valence-corrected chi connectivity index (χ1v) is 8.13. The van der Waals surface area contributed by atoms with Crippen molar-refractivity contribution >= 4 is 23.7 Å². The maximum atomic E-state index is 12.0. The number of allylic oxidation sites excluding steroid dienone is 1. The number of hydrogen-bond acceptors (Lipinski definition) is 4. The molecule has 0 saturated heterocycles. The van der Waals surface area contributed by atoms with E-state index in [1.54, 1.807) is 19.1 Å². The van der Waals surface area contributed by atoms with Crippen LogP contribution < -0.4 is 15.1 Å². The summed E-state index contributed by atoms with van der Waals surface area (Å²) in [5.74, 6) is 1.48. The second kappa shape index (κ2) is 7.23. The second-order valence-electron chi connectivity index (χ2n) is 6.09. The molecule has 1 aliphatic rings. The normalized spacial score (nSPS) is 13.5. The van der Waals surface area contributed by atoms with E-state index in [9.17, 15) is 9.59 Å². The molecule has 0 fully saturated rings. The Morgan fingerprint density at radius 1 is 1.23 bits per heavy atom. The minimum atomic E-state index is -0.355. The van der Waals surface area contributed by atoms with Crippen LogP contribution in [-0.2, 0) is 11.2 Å². The van der Waals surface area contributed by atoms with Gasteiger partial charge in [0.15, 0.2) is 0 Å². The number of carbonyl (C=O) groups excluding carboxylic acids is 2. The molecular weight excluding hydrogens is 330 g/mol. The molecule has 2 amide bonds. The van der Waals surface area contributed by atoms with Crippen LogP contribution in [0.2, 0.25) is 0 Å². The van der Waals surface area contributed by atoms with Crippen LogP contribution in [0.5, 0.6) is 11.5 Å². The van der Waals surface area contributed by atoms with E-state index >= 15 is 0 Å². The number of nitrogens with one attached hydrogen (secondary N) is 1. The highest BCUT2D eigenvalue weighted by Gasteiger charge is 2.19. The minimum absolute atomic E-state index is 0.123. The van der Waals surface area contributed by atoms with Gasteiger partial charge in [0.2, 0.25) is 0 Å². The zero-order valence-corrected chi connectivity index (χ0v) is 14.7. The molecule has 6 nitrogen and oxygen atoms in total. The molecule has 0 aliphatic carbocycles. The Morgan fingerprint density at radius 2 is 1.96 bits per heavy atom. The smallest absolute Gasteiger partial charge is 0.347 e. The van der Waals surface area contributed by atoms with Crippen molar-refractivity contribution in [2.45, 2.75) is 20.3 Å². The number of ketones is 1. The monoisotopic (exact) mass is 349 g/mol. The van der Waals surface area contributed by atoms with E-state index in [1.165, 1.54) is 11.2 Å². The lowest BCUT2D eigenvalue weighted by molar-refractivity contribution is -0.116. The Bertz CT molecular complexity index is 901. The van der Waals surface area contributed by atoms with Crippen LogP contribution in [0.15, 0.2) is 59.8 Å². The molecule has 2 aromatic rings. The zero-order valence-electron chi connectivity index (χ0n) is 14.7. The van der Waals surface area contributed by atoms with Crippen molar-refractivity contribution in [2.75, 3.05) is 5.01 Å². The predicted molar refractivity (Wildman–Crippen MR) is 101 cm³/mol. The van der Waals surface area contributed by atoms with Gasteiger partial charge in [0.25, 0.3) is 0 Å². The van der Waals surface area contributed by atoms with E-state index in [0.717, 1.165) is 11.1 Å². The van der Waals surface area contributed by atoms with Gasteiger partial charge < -0.3 is 10.1 Å². The molecule has 0 bridgehead atoms. The number of carbonyl (C=O) groups is 2. The van der Waals surface area contributed by atoms with Gasteiger partial charge in [0.05, 0.1) is 17.6 Å². The largest absolute Gasteiger partial charge is 0.457 e. The molecule has 3 rings (SSSR count). The van der Waals surface area contributed by atoms with Crippen molar-refractivity contribution in [2.24, 2.45) is 5.10 Å². The molecule has 0 saturated carbocycles. The fourth-order valence-corrected chi connectivity index (χ4v) is 2.56. The average Bonchev–Trinajstić information content (AvgIpc) is 2.58. The number of hydrazone groups is 1. The Morgan fingerprint density at radius 3 is 2.58 bits per heavy atom. The number of nitrogens with zero attached hydrogens (tertiary/aromatic N) is 2. The number of anilines is 1. The van der Waals surface area contributed by atoms with E-state index in [2.05, 4.69) is 17.0 Å². The van der Waals surface area contributed by atoms with Crippen molar-refractivity contribution in [1.29, 1.82) is 0 Å². The number of Topliss-reactive ketones (excluding diaryl/α,β-unsaturated/α-hetero) is 1. The summed E-state index contributed by atoms with van der Waals surface area (Å²) in [6, 6.07) is 12.4. The van der Waals surface area contributed by atoms with E-state index < -0.39 is 0 Å². The average molecular weight is 349 g/mol. The molecule has 1 aliphatic heterocycles. The number of aryl methyl sites for hydroxylation is 1. The van der Waals surface area contributed by atoms with Crippen LogP contribution in [0.3, 0.4) is 0 Å². The first-order chi connectivity index (χ1) is 12.4. The number of ether oxygens (including phenoxy) is 1. The topological polar surface area (TPSA) is 71.0 Å². The van der Waals surface area contributed by atoms with Gasteiger partial charge in [0, 0.05) is 6.42 Å². The summed E-state index contributed by atoms with van der Waals surface area (Å²) in [6.07, 6.45) is 1.91. The molecule has 0 radical (unpaired) electrons. The van der Waals surface area contributed by atoms with Gasteiger partial charge in [-0.15, -0.1) is 0 Å². The highest BCUT2D eigenvalue weighted by molar-refractivity contribution is 6.00. The molecule has 6 heteroatoms. The number of hydrogen-bond donors (Lipinski definition) is 1. The number of benzene rings is 2. The van der Waals surface area contributed by atoms with Gasteiger partial charge in [-0.2, -0.15) is 10.1 Å². The third kappa shape index (κ3) is 3.97. The summed E-state index contributed by atoms with van der Waals surface area (Å²) >= 11 is 0. The molecule has 2 aromatic carbocycles. The first-order valence-electron chi connectivity index (χ1n) is 8.13. The van der Waals surface area contributed by atoms with Crippen LogP contribution >= 0.6 is 0 Å². The molecule has 0 atom stereocenters. The first kappa shape index (κ1) is 17.4. The fourth-order valence-electron chi connectivity index (χ4n) is 2.56. The second-order valence-corrected chi connectivity index (χ2v) is 6.09. The fraction of sp³-hybridized carbons (Fsp3) is 0.150. The Hall–Kier alpha value is -3.41. The Kier molecular flexibility index (Phi) is 4.84. The third-order valence-corrected chi connectivity index (χ3v) is 3.80. The number of rotatable bonds is 5. The summed E-state index contributed by atoms with van der Waals surface area (Å²) < 4.78 is 5.90. The van der Waals surface area contributed by atoms with Crippen LogP contribution in [0.4, 0.5) is 10.5 Å². The summed E-state index contributed by atoms with van der Waals surface area (Å²) in [6.45, 7) is 7.11. The lowest BCUT2D eigenvalue weighted by Crippen LogP contribution is -2.40. The SMILES string of the molecule is C=C1C=NN(c2ccc(Oc3ccc(CC(C)=O)cc3)c(C)c2)C(=O)N1. The number of urea groups is 1. The maximum Gasteiger partial charge on any atom is 0.347 e. The maximum absolute atomic E-state index is 12.0. The van der Waals surface area contributed by atoms with E-state index in [-0.39, 0.29) is 11.8 Å². The van der Waals surface area contributed by atoms with Crippen molar-refractivity contribution in [3.05, 3.63) is 65.9 Å². The highest BCUT2D eigenvalue weighted by atomic mass is 16.5. The van der Waals surface area contributed by atoms with Gasteiger partial charge in [0.1, 0.15) is 17.3 Å². The van der Waals surface area contributed by atoms with E-state index in [1.807, 2.05) is 37.3 Å². The lowest BCUT2D eigenvalue weighted by Gasteiger charge is -2.22. The molecule has 132 valence electrons. The van der Waals surface area contributed by atoms with Crippen LogP contribution in [0.25, 0.3) is 0 Å². The summed E-state index contributed by atoms with van der Waals surface area (Å²) in [5, 5.41) is 7.95. The quantitative estimate of drug-likeness (QED) is 0.888. The van der Waals surface area contributed by atoms with Crippen molar-refractivity contribution in [3.8, 4) is 11.5 Å². The van der Waals surface area contributed by atoms with Gasteiger partial charge in [-0.3, -0.25) is 4.79 Å². The zero-order chi connectivity index (χ0) is 18.7. The molecule has 26 heavy (non-hydrogen) atoms. The summed E-state index contributed by atoms with van der Waals surface area (Å²) in [7, 11) is 0. The van der Waals surface area contributed by atoms with Crippen LogP contribution in [-0.4, -0.2) is 18.0 Å². The van der Waals surface area contributed by atoms with Crippen LogP contribution in [0, 0.1) is 6.92 Å². The Labute approximate surface area is 151 Å². The number of amides is 2. The Balaban J connectivity index is 1.76. The van der Waals surface area contributed by atoms with Gasteiger partial charge in [-0.25, -0.2) is 4.79 Å². The third-order valence-electron chi connectivity index (χ3n) is 3.80. The van der Waals surface area contributed by atoms with Gasteiger partial charge in [-0.05, 0) is 55.3 Å². The molecule has 1 N–H and O–H groups in total. The van der Waals surface area contributed by atoms with E-state index in [4.69, 9.17) is 4.74 Å². The predicted octanol–water partition coefficient (Wildman–Crippen LogP) is 3.95. The van der Waals surface area contributed by atoms with Crippen molar-refractivity contribution in [1.82, 2.24) is 5.32 Å². The highest BCUT2D eigenvalue weighted by Crippen LogP contribution is 2.29. The van der Waals surface area contributed by atoms with E-state index in [0.29, 0.717) is 29.3 Å². The molecular formula is C20H19N3O3. The minimum Gasteiger partial charge on any atom is -0.457 e. The lowest BCUT2D eigenvalue weighted by atomic mass is 10.1. The summed E-state index contributed by atoms with van der Waals surface area (Å²) in [4.78, 5) is 23.1. The van der Waals surface area contributed by atoms with Crippen LogP contribution in [0.1, 0.15) is 18.1 Å². The van der Waals surface area contributed by atoms with Gasteiger partial charge in [-0.1, -0.05) is 18.7 Å².